The molecule has 0 aromatic heterocycles. The van der Waals surface area contributed by atoms with E-state index in [0.29, 0.717) is 6.04 Å². The SMILES string of the molecule is CSC1CCCC1NC1=NCCC1. The number of hydrogen-bond acceptors (Lipinski definition) is 3. The maximum Gasteiger partial charge on any atom is 0.0966 e. The van der Waals surface area contributed by atoms with E-state index >= 15 is 0 Å². The van der Waals surface area contributed by atoms with E-state index in [1.54, 1.807) is 0 Å². The molecule has 1 heterocycles. The molecular formula is C10H18N2S. The summed E-state index contributed by atoms with van der Waals surface area (Å²) in [6.07, 6.45) is 8.75. The van der Waals surface area contributed by atoms with Crippen molar-refractivity contribution in [2.45, 2.75) is 43.4 Å². The summed E-state index contributed by atoms with van der Waals surface area (Å²) in [5.41, 5.74) is 0. The van der Waals surface area contributed by atoms with Crippen LogP contribution in [0.5, 0.6) is 0 Å². The van der Waals surface area contributed by atoms with Gasteiger partial charge in [-0.25, -0.2) is 0 Å². The van der Waals surface area contributed by atoms with Crippen LogP contribution in [-0.4, -0.2) is 29.9 Å². The first-order valence-corrected chi connectivity index (χ1v) is 6.51. The molecule has 13 heavy (non-hydrogen) atoms. The van der Waals surface area contributed by atoms with Crippen LogP contribution >= 0.6 is 11.8 Å². The van der Waals surface area contributed by atoms with Gasteiger partial charge in [-0.3, -0.25) is 4.99 Å². The Labute approximate surface area is 84.6 Å². The largest absolute Gasteiger partial charge is 0.370 e. The van der Waals surface area contributed by atoms with Crippen LogP contribution in [0.2, 0.25) is 0 Å². The summed E-state index contributed by atoms with van der Waals surface area (Å²) in [5.74, 6) is 1.27. The Morgan fingerprint density at radius 2 is 2.31 bits per heavy atom. The summed E-state index contributed by atoms with van der Waals surface area (Å²) < 4.78 is 0. The summed E-state index contributed by atoms with van der Waals surface area (Å²) in [5, 5.41) is 4.43. The second-order valence-electron chi connectivity index (χ2n) is 3.89. The molecule has 3 heteroatoms. The zero-order valence-corrected chi connectivity index (χ0v) is 9.07. The van der Waals surface area contributed by atoms with Crippen LogP contribution < -0.4 is 5.32 Å². The predicted octanol–water partition coefficient (Wildman–Crippen LogP) is 2.05. The molecule has 1 aliphatic carbocycles. The zero-order chi connectivity index (χ0) is 9.10. The van der Waals surface area contributed by atoms with Crippen LogP contribution in [0, 0.1) is 0 Å². The average molecular weight is 198 g/mol. The number of amidine groups is 1. The van der Waals surface area contributed by atoms with E-state index < -0.39 is 0 Å². The van der Waals surface area contributed by atoms with E-state index in [1.165, 1.54) is 37.9 Å². The molecule has 0 spiro atoms. The lowest BCUT2D eigenvalue weighted by molar-refractivity contribution is 0.637. The van der Waals surface area contributed by atoms with E-state index in [4.69, 9.17) is 0 Å². The molecule has 0 aromatic rings. The van der Waals surface area contributed by atoms with Crippen molar-refractivity contribution in [3.63, 3.8) is 0 Å². The topological polar surface area (TPSA) is 24.4 Å². The lowest BCUT2D eigenvalue weighted by Crippen LogP contribution is -2.37. The van der Waals surface area contributed by atoms with Crippen molar-refractivity contribution in [1.29, 1.82) is 0 Å². The van der Waals surface area contributed by atoms with Gasteiger partial charge in [0.1, 0.15) is 0 Å². The third-order valence-electron chi connectivity index (χ3n) is 2.98. The second-order valence-corrected chi connectivity index (χ2v) is 4.96. The average Bonchev–Trinajstić information content (AvgIpc) is 2.76. The van der Waals surface area contributed by atoms with Gasteiger partial charge in [-0.05, 0) is 25.5 Å². The number of thioether (sulfide) groups is 1. The molecule has 2 atom stereocenters. The molecule has 2 rings (SSSR count). The fourth-order valence-corrected chi connectivity index (χ4v) is 3.18. The Kier molecular flexibility index (Phi) is 3.14. The molecule has 1 aliphatic heterocycles. The van der Waals surface area contributed by atoms with Gasteiger partial charge >= 0.3 is 0 Å². The van der Waals surface area contributed by atoms with Gasteiger partial charge in [0.2, 0.25) is 0 Å². The minimum Gasteiger partial charge on any atom is -0.370 e. The minimum absolute atomic E-state index is 0.701. The summed E-state index contributed by atoms with van der Waals surface area (Å²) in [6, 6.07) is 0.701. The van der Waals surface area contributed by atoms with Gasteiger partial charge in [-0.15, -0.1) is 0 Å². The van der Waals surface area contributed by atoms with Gasteiger partial charge in [0, 0.05) is 24.3 Å². The van der Waals surface area contributed by atoms with Gasteiger partial charge in [0.15, 0.2) is 0 Å². The molecule has 0 saturated heterocycles. The van der Waals surface area contributed by atoms with E-state index in [0.717, 1.165) is 11.8 Å². The number of nitrogens with zero attached hydrogens (tertiary/aromatic N) is 1. The van der Waals surface area contributed by atoms with Gasteiger partial charge in [-0.1, -0.05) is 6.42 Å². The predicted molar refractivity (Wildman–Crippen MR) is 59.6 cm³/mol. The van der Waals surface area contributed by atoms with Crippen molar-refractivity contribution in [1.82, 2.24) is 5.32 Å². The maximum absolute atomic E-state index is 4.46. The van der Waals surface area contributed by atoms with Gasteiger partial charge in [0.05, 0.1) is 5.84 Å². The first-order chi connectivity index (χ1) is 6.40. The van der Waals surface area contributed by atoms with Gasteiger partial charge in [-0.2, -0.15) is 11.8 Å². The lowest BCUT2D eigenvalue weighted by Gasteiger charge is -2.19. The van der Waals surface area contributed by atoms with E-state index in [1.807, 2.05) is 11.8 Å². The third-order valence-corrected chi connectivity index (χ3v) is 4.15. The van der Waals surface area contributed by atoms with Crippen molar-refractivity contribution in [3.8, 4) is 0 Å². The smallest absolute Gasteiger partial charge is 0.0966 e. The maximum atomic E-state index is 4.46. The van der Waals surface area contributed by atoms with Crippen LogP contribution in [0.3, 0.4) is 0 Å². The summed E-state index contributed by atoms with van der Waals surface area (Å²) >= 11 is 2.01. The Bertz CT molecular complexity index is 203. The molecule has 2 unspecified atom stereocenters. The highest BCUT2D eigenvalue weighted by molar-refractivity contribution is 7.99. The van der Waals surface area contributed by atoms with E-state index in [2.05, 4.69) is 16.6 Å². The molecule has 2 aliphatic rings. The van der Waals surface area contributed by atoms with Crippen molar-refractivity contribution < 1.29 is 0 Å². The highest BCUT2D eigenvalue weighted by Crippen LogP contribution is 2.28. The molecule has 1 N–H and O–H groups in total. The minimum atomic E-state index is 0.701. The Morgan fingerprint density at radius 1 is 1.38 bits per heavy atom. The monoisotopic (exact) mass is 198 g/mol. The number of nitrogens with one attached hydrogen (secondary N) is 1. The standard InChI is InChI=1S/C10H18N2S/c1-13-9-5-2-4-8(9)12-10-6-3-7-11-10/h8-9H,2-7H2,1H3,(H,11,12). The van der Waals surface area contributed by atoms with Crippen LogP contribution in [0.15, 0.2) is 4.99 Å². The third kappa shape index (κ3) is 2.19. The van der Waals surface area contributed by atoms with Crippen molar-refractivity contribution in [3.05, 3.63) is 0 Å². The zero-order valence-electron chi connectivity index (χ0n) is 8.25. The molecule has 1 fully saturated rings. The van der Waals surface area contributed by atoms with Crippen LogP contribution in [0.4, 0.5) is 0 Å². The second kappa shape index (κ2) is 4.36. The lowest BCUT2D eigenvalue weighted by atomic mass is 10.2. The fraction of sp³-hybridized carbons (Fsp3) is 0.900. The van der Waals surface area contributed by atoms with Crippen molar-refractivity contribution in [2.75, 3.05) is 12.8 Å². The van der Waals surface area contributed by atoms with Gasteiger partial charge in [0.25, 0.3) is 0 Å². The van der Waals surface area contributed by atoms with Crippen molar-refractivity contribution in [2.24, 2.45) is 4.99 Å². The highest BCUT2D eigenvalue weighted by atomic mass is 32.2. The normalized spacial score (nSPS) is 33.5. The van der Waals surface area contributed by atoms with Crippen molar-refractivity contribution >= 4 is 17.6 Å². The number of hydrogen-bond donors (Lipinski definition) is 1. The summed E-state index contributed by atoms with van der Waals surface area (Å²) in [4.78, 5) is 4.46. The molecular weight excluding hydrogens is 180 g/mol. The van der Waals surface area contributed by atoms with Crippen LogP contribution in [0.1, 0.15) is 32.1 Å². The highest BCUT2D eigenvalue weighted by Gasteiger charge is 2.27. The molecule has 0 bridgehead atoms. The Morgan fingerprint density at radius 3 is 3.00 bits per heavy atom. The summed E-state index contributed by atoms with van der Waals surface area (Å²) in [7, 11) is 0. The Hall–Kier alpha value is -0.180. The first-order valence-electron chi connectivity index (χ1n) is 5.23. The molecule has 0 amide bonds. The molecule has 74 valence electrons. The van der Waals surface area contributed by atoms with Gasteiger partial charge < -0.3 is 5.32 Å². The van der Waals surface area contributed by atoms with Crippen LogP contribution in [0.25, 0.3) is 0 Å². The Balaban J connectivity index is 1.86. The molecule has 0 radical (unpaired) electrons. The number of aliphatic imine (C=N–C) groups is 1. The summed E-state index contributed by atoms with van der Waals surface area (Å²) in [6.45, 7) is 1.04. The first kappa shape index (κ1) is 9.38. The van der Waals surface area contributed by atoms with E-state index in [-0.39, 0.29) is 0 Å². The molecule has 2 nitrogen and oxygen atoms in total. The molecule has 0 aromatic carbocycles. The van der Waals surface area contributed by atoms with E-state index in [9.17, 15) is 0 Å². The van der Waals surface area contributed by atoms with Crippen LogP contribution in [-0.2, 0) is 0 Å². The quantitative estimate of drug-likeness (QED) is 0.734. The molecule has 1 saturated carbocycles. The number of rotatable bonds is 2. The fourth-order valence-electron chi connectivity index (χ4n) is 2.24.